The van der Waals surface area contributed by atoms with E-state index in [2.05, 4.69) is 10.1 Å². The van der Waals surface area contributed by atoms with Gasteiger partial charge in [-0.15, -0.1) is 0 Å². The third kappa shape index (κ3) is 2.06. The van der Waals surface area contributed by atoms with Crippen LogP contribution in [-0.4, -0.2) is 27.3 Å². The molecule has 6 heteroatoms. The molecule has 0 saturated heterocycles. The number of ether oxygens (including phenoxy) is 1. The van der Waals surface area contributed by atoms with Gasteiger partial charge in [0, 0.05) is 12.7 Å². The van der Waals surface area contributed by atoms with Gasteiger partial charge in [-0.2, -0.15) is 5.10 Å². The van der Waals surface area contributed by atoms with Crippen molar-refractivity contribution in [2.24, 2.45) is 7.05 Å². The van der Waals surface area contributed by atoms with E-state index < -0.39 is 5.97 Å². The molecule has 2 heterocycles. The van der Waals surface area contributed by atoms with Crippen molar-refractivity contribution in [3.63, 3.8) is 0 Å². The maximum Gasteiger partial charge on any atom is 0.361 e. The van der Waals surface area contributed by atoms with E-state index in [9.17, 15) is 4.79 Å². The molecule has 0 spiro atoms. The number of rotatable bonds is 3. The predicted octanol–water partition coefficient (Wildman–Crippen LogP) is 1.56. The molecule has 2 rings (SSSR count). The first-order valence-corrected chi connectivity index (χ1v) is 5.25. The van der Waals surface area contributed by atoms with Gasteiger partial charge < -0.3 is 9.15 Å². The fourth-order valence-corrected chi connectivity index (χ4v) is 1.44. The van der Waals surface area contributed by atoms with Gasteiger partial charge in [0.25, 0.3) is 0 Å². The average Bonchev–Trinajstić information content (AvgIpc) is 2.87. The van der Waals surface area contributed by atoms with Crippen molar-refractivity contribution in [2.45, 2.75) is 13.8 Å². The second-order valence-electron chi connectivity index (χ2n) is 3.55. The zero-order valence-electron chi connectivity index (χ0n) is 9.93. The first-order chi connectivity index (χ1) is 8.13. The highest BCUT2D eigenvalue weighted by Crippen LogP contribution is 2.22. The van der Waals surface area contributed by atoms with E-state index in [1.54, 1.807) is 11.6 Å². The summed E-state index contributed by atoms with van der Waals surface area (Å²) in [6.07, 6.45) is 1.21. The molecule has 0 aliphatic rings. The number of carbonyl (C=O) groups is 1. The molecule has 0 aromatic carbocycles. The zero-order chi connectivity index (χ0) is 12.4. The minimum atomic E-state index is -0.500. The fraction of sp³-hybridized carbons (Fsp3) is 0.364. The van der Waals surface area contributed by atoms with Crippen LogP contribution in [0.3, 0.4) is 0 Å². The maximum atomic E-state index is 11.6. The molecule has 2 aromatic heterocycles. The van der Waals surface area contributed by atoms with Gasteiger partial charge in [0.05, 0.1) is 6.61 Å². The van der Waals surface area contributed by atoms with Crippen LogP contribution in [0, 0.1) is 6.92 Å². The Labute approximate surface area is 98.2 Å². The second kappa shape index (κ2) is 4.40. The predicted molar refractivity (Wildman–Crippen MR) is 59.4 cm³/mol. The first kappa shape index (κ1) is 11.4. The molecule has 0 N–H and O–H groups in total. The number of aromatic nitrogens is 3. The molecular formula is C11H13N3O3. The summed E-state index contributed by atoms with van der Waals surface area (Å²) in [5, 5.41) is 4.23. The number of aryl methyl sites for hydroxylation is 2. The SMILES string of the molecule is CCOC(=O)c1ncoc1-c1cc(C)n(C)n1. The number of hydrogen-bond acceptors (Lipinski definition) is 5. The molecule has 17 heavy (non-hydrogen) atoms. The van der Waals surface area contributed by atoms with E-state index in [0.717, 1.165) is 5.69 Å². The highest BCUT2D eigenvalue weighted by molar-refractivity contribution is 5.93. The lowest BCUT2D eigenvalue weighted by Gasteiger charge is -1.98. The smallest absolute Gasteiger partial charge is 0.361 e. The van der Waals surface area contributed by atoms with E-state index in [1.165, 1.54) is 6.39 Å². The van der Waals surface area contributed by atoms with Crippen LogP contribution in [-0.2, 0) is 11.8 Å². The van der Waals surface area contributed by atoms with Gasteiger partial charge in [-0.25, -0.2) is 9.78 Å². The van der Waals surface area contributed by atoms with Crippen LogP contribution < -0.4 is 0 Å². The topological polar surface area (TPSA) is 70.2 Å². The Morgan fingerprint density at radius 1 is 1.59 bits per heavy atom. The lowest BCUT2D eigenvalue weighted by Crippen LogP contribution is -2.06. The number of esters is 1. The summed E-state index contributed by atoms with van der Waals surface area (Å²) in [4.78, 5) is 15.5. The van der Waals surface area contributed by atoms with Crippen LogP contribution in [0.15, 0.2) is 16.9 Å². The van der Waals surface area contributed by atoms with Crippen LogP contribution >= 0.6 is 0 Å². The third-order valence-electron chi connectivity index (χ3n) is 2.38. The van der Waals surface area contributed by atoms with Crippen molar-refractivity contribution in [3.05, 3.63) is 23.8 Å². The summed E-state index contributed by atoms with van der Waals surface area (Å²) in [5.41, 5.74) is 1.70. The Morgan fingerprint density at radius 2 is 2.35 bits per heavy atom. The summed E-state index contributed by atoms with van der Waals surface area (Å²) in [6.45, 7) is 3.95. The van der Waals surface area contributed by atoms with Crippen LogP contribution in [0.1, 0.15) is 23.1 Å². The van der Waals surface area contributed by atoms with Gasteiger partial charge in [0.1, 0.15) is 5.69 Å². The third-order valence-corrected chi connectivity index (χ3v) is 2.38. The Bertz CT molecular complexity index is 522. The second-order valence-corrected chi connectivity index (χ2v) is 3.55. The van der Waals surface area contributed by atoms with Gasteiger partial charge >= 0.3 is 5.97 Å². The van der Waals surface area contributed by atoms with Gasteiger partial charge in [0.15, 0.2) is 17.8 Å². The average molecular weight is 235 g/mol. The van der Waals surface area contributed by atoms with Crippen molar-refractivity contribution in [2.75, 3.05) is 6.61 Å². The molecule has 0 aliphatic carbocycles. The fourth-order valence-electron chi connectivity index (χ4n) is 1.44. The summed E-state index contributed by atoms with van der Waals surface area (Å²) in [7, 11) is 1.82. The molecule has 0 amide bonds. The van der Waals surface area contributed by atoms with Crippen LogP contribution in [0.25, 0.3) is 11.5 Å². The Hall–Kier alpha value is -2.11. The number of carbonyl (C=O) groups excluding carboxylic acids is 1. The van der Waals surface area contributed by atoms with E-state index in [4.69, 9.17) is 9.15 Å². The molecular weight excluding hydrogens is 222 g/mol. The highest BCUT2D eigenvalue weighted by Gasteiger charge is 2.21. The Kier molecular flexibility index (Phi) is 2.95. The van der Waals surface area contributed by atoms with Gasteiger partial charge in [-0.1, -0.05) is 0 Å². The van der Waals surface area contributed by atoms with E-state index in [0.29, 0.717) is 18.1 Å². The lowest BCUT2D eigenvalue weighted by atomic mass is 10.2. The van der Waals surface area contributed by atoms with Crippen LogP contribution in [0.4, 0.5) is 0 Å². The van der Waals surface area contributed by atoms with Crippen molar-refractivity contribution in [1.82, 2.24) is 14.8 Å². The molecule has 0 fully saturated rings. The van der Waals surface area contributed by atoms with Crippen molar-refractivity contribution < 1.29 is 13.9 Å². The Balaban J connectivity index is 2.40. The quantitative estimate of drug-likeness (QED) is 0.755. The molecule has 0 aliphatic heterocycles. The normalized spacial score (nSPS) is 10.5. The largest absolute Gasteiger partial charge is 0.461 e. The van der Waals surface area contributed by atoms with Crippen molar-refractivity contribution in [3.8, 4) is 11.5 Å². The molecule has 2 aromatic rings. The van der Waals surface area contributed by atoms with Gasteiger partial charge in [0.2, 0.25) is 0 Å². The molecule has 6 nitrogen and oxygen atoms in total. The van der Waals surface area contributed by atoms with Gasteiger partial charge in [-0.05, 0) is 19.9 Å². The van der Waals surface area contributed by atoms with Crippen molar-refractivity contribution >= 4 is 5.97 Å². The van der Waals surface area contributed by atoms with Gasteiger partial charge in [-0.3, -0.25) is 4.68 Å². The number of hydrogen-bond donors (Lipinski definition) is 0. The summed E-state index contributed by atoms with van der Waals surface area (Å²) < 4.78 is 11.8. The summed E-state index contributed by atoms with van der Waals surface area (Å²) in [5.74, 6) is -0.160. The summed E-state index contributed by atoms with van der Waals surface area (Å²) in [6, 6.07) is 1.82. The lowest BCUT2D eigenvalue weighted by molar-refractivity contribution is 0.0520. The molecule has 0 unspecified atom stereocenters. The number of oxazole rings is 1. The molecule has 0 radical (unpaired) electrons. The first-order valence-electron chi connectivity index (χ1n) is 5.25. The standard InChI is InChI=1S/C11H13N3O3/c1-4-16-11(15)9-10(17-6-12-9)8-5-7(2)14(3)13-8/h5-6H,4H2,1-3H3. The van der Waals surface area contributed by atoms with E-state index >= 15 is 0 Å². The minimum absolute atomic E-state index is 0.157. The maximum absolute atomic E-state index is 11.6. The molecule has 0 atom stereocenters. The Morgan fingerprint density at radius 3 is 2.94 bits per heavy atom. The molecule has 0 saturated carbocycles. The summed E-state index contributed by atoms with van der Waals surface area (Å²) >= 11 is 0. The van der Waals surface area contributed by atoms with Crippen LogP contribution in [0.2, 0.25) is 0 Å². The molecule has 0 bridgehead atoms. The number of nitrogens with zero attached hydrogens (tertiary/aromatic N) is 3. The van der Waals surface area contributed by atoms with Crippen molar-refractivity contribution in [1.29, 1.82) is 0 Å². The monoisotopic (exact) mass is 235 g/mol. The van der Waals surface area contributed by atoms with E-state index in [-0.39, 0.29) is 5.69 Å². The van der Waals surface area contributed by atoms with E-state index in [1.807, 2.05) is 20.0 Å². The van der Waals surface area contributed by atoms with Crippen LogP contribution in [0.5, 0.6) is 0 Å². The molecule has 90 valence electrons. The zero-order valence-corrected chi connectivity index (χ0v) is 9.93. The minimum Gasteiger partial charge on any atom is -0.461 e. The highest BCUT2D eigenvalue weighted by atomic mass is 16.5.